The van der Waals surface area contributed by atoms with Gasteiger partial charge in [0.1, 0.15) is 0 Å². The number of methoxy groups -OCH3 is 1. The third-order valence-corrected chi connectivity index (χ3v) is 3.43. The van der Waals surface area contributed by atoms with E-state index in [2.05, 4.69) is 0 Å². The molecular formula is C13H17N3O5. The zero-order valence-electron chi connectivity index (χ0n) is 11.9. The number of nitro benzene ring substituents is 1. The Balaban J connectivity index is 2.35. The van der Waals surface area contributed by atoms with Crippen molar-refractivity contribution in [2.75, 3.05) is 20.7 Å². The maximum absolute atomic E-state index is 11.9. The number of nitrogens with zero attached hydrogens (tertiary/aromatic N) is 2. The van der Waals surface area contributed by atoms with Gasteiger partial charge in [-0.15, -0.1) is 0 Å². The third kappa shape index (κ3) is 2.89. The minimum Gasteiger partial charge on any atom is -0.493 e. The van der Waals surface area contributed by atoms with Gasteiger partial charge in [-0.3, -0.25) is 14.9 Å². The van der Waals surface area contributed by atoms with Gasteiger partial charge >= 0.3 is 0 Å². The molecule has 0 bridgehead atoms. The van der Waals surface area contributed by atoms with E-state index in [1.807, 2.05) is 0 Å². The maximum Gasteiger partial charge on any atom is 0.277 e. The number of likely N-dealkylation sites (N-methyl/N-ethyl adjacent to an activating group) is 1. The molecule has 1 saturated heterocycles. The van der Waals surface area contributed by atoms with Gasteiger partial charge in [0, 0.05) is 32.1 Å². The highest BCUT2D eigenvalue weighted by Gasteiger charge is 2.32. The number of likely N-dealkylation sites (tertiary alicyclic amines) is 1. The fourth-order valence-electron chi connectivity index (χ4n) is 2.23. The summed E-state index contributed by atoms with van der Waals surface area (Å²) in [7, 11) is 3.11. The second-order valence-electron chi connectivity index (χ2n) is 4.75. The van der Waals surface area contributed by atoms with E-state index in [1.54, 1.807) is 11.9 Å². The average Bonchev–Trinajstić information content (AvgIpc) is 2.78. The first-order valence-electron chi connectivity index (χ1n) is 6.45. The van der Waals surface area contributed by atoms with Crippen LogP contribution in [-0.2, 0) is 11.3 Å². The highest BCUT2D eigenvalue weighted by Crippen LogP contribution is 2.36. The van der Waals surface area contributed by atoms with E-state index < -0.39 is 11.0 Å². The number of carbonyl (C=O) groups excluding carboxylic acids is 1. The van der Waals surface area contributed by atoms with Crippen molar-refractivity contribution in [3.8, 4) is 11.5 Å². The van der Waals surface area contributed by atoms with Crippen molar-refractivity contribution >= 4 is 11.6 Å². The van der Waals surface area contributed by atoms with Crippen LogP contribution in [0.1, 0.15) is 12.0 Å². The second kappa shape index (κ2) is 5.96. The Hall–Kier alpha value is -2.35. The first kappa shape index (κ1) is 15.0. The van der Waals surface area contributed by atoms with Crippen LogP contribution in [0.15, 0.2) is 12.1 Å². The first-order valence-corrected chi connectivity index (χ1v) is 6.45. The van der Waals surface area contributed by atoms with Gasteiger partial charge in [-0.05, 0) is 6.07 Å². The van der Waals surface area contributed by atoms with Crippen LogP contribution in [0.5, 0.6) is 11.5 Å². The number of nitrogens with two attached hydrogens (primary N) is 1. The van der Waals surface area contributed by atoms with Crippen molar-refractivity contribution in [3.05, 3.63) is 27.8 Å². The number of nitro groups is 1. The van der Waals surface area contributed by atoms with E-state index in [4.69, 9.17) is 15.2 Å². The fraction of sp³-hybridized carbons (Fsp3) is 0.462. The monoisotopic (exact) mass is 295 g/mol. The van der Waals surface area contributed by atoms with Gasteiger partial charge in [-0.1, -0.05) is 0 Å². The Kier molecular flexibility index (Phi) is 4.27. The summed E-state index contributed by atoms with van der Waals surface area (Å²) in [6.07, 6.45) is -0.113. The largest absolute Gasteiger partial charge is 0.493 e. The van der Waals surface area contributed by atoms with Crippen LogP contribution in [0.3, 0.4) is 0 Å². The highest BCUT2D eigenvalue weighted by atomic mass is 16.6. The molecule has 0 radical (unpaired) electrons. The van der Waals surface area contributed by atoms with E-state index >= 15 is 0 Å². The van der Waals surface area contributed by atoms with Gasteiger partial charge < -0.3 is 20.1 Å². The molecule has 8 nitrogen and oxygen atoms in total. The quantitative estimate of drug-likeness (QED) is 0.632. The summed E-state index contributed by atoms with van der Waals surface area (Å²) < 4.78 is 10.8. The van der Waals surface area contributed by atoms with Crippen molar-refractivity contribution in [1.82, 2.24) is 4.90 Å². The predicted molar refractivity (Wildman–Crippen MR) is 74.2 cm³/mol. The van der Waals surface area contributed by atoms with E-state index in [9.17, 15) is 14.9 Å². The van der Waals surface area contributed by atoms with Crippen molar-refractivity contribution in [1.29, 1.82) is 0 Å². The van der Waals surface area contributed by atoms with Gasteiger partial charge in [-0.2, -0.15) is 0 Å². The standard InChI is InChI=1S/C13H17N3O5/c1-15-4-3-10(13(15)17)21-12-6-9(16(18)19)8(7-14)5-11(12)20-2/h5-6,10H,3-4,7,14H2,1-2H3. The lowest BCUT2D eigenvalue weighted by Crippen LogP contribution is -2.29. The fourth-order valence-corrected chi connectivity index (χ4v) is 2.23. The van der Waals surface area contributed by atoms with Crippen LogP contribution >= 0.6 is 0 Å². The van der Waals surface area contributed by atoms with Gasteiger partial charge in [0.05, 0.1) is 18.1 Å². The lowest BCUT2D eigenvalue weighted by molar-refractivity contribution is -0.385. The molecule has 1 aliphatic heterocycles. The Labute approximate surface area is 121 Å². The molecule has 114 valence electrons. The number of hydrogen-bond donors (Lipinski definition) is 1. The second-order valence-corrected chi connectivity index (χ2v) is 4.75. The molecule has 2 rings (SSSR count). The molecule has 0 aromatic heterocycles. The van der Waals surface area contributed by atoms with Crippen molar-refractivity contribution < 1.29 is 19.2 Å². The third-order valence-electron chi connectivity index (χ3n) is 3.43. The number of hydrogen-bond acceptors (Lipinski definition) is 6. The molecule has 21 heavy (non-hydrogen) atoms. The highest BCUT2D eigenvalue weighted by molar-refractivity contribution is 5.83. The molecule has 8 heteroatoms. The minimum atomic E-state index is -0.646. The molecule has 1 aliphatic rings. The van der Waals surface area contributed by atoms with Crippen LogP contribution in [0, 0.1) is 10.1 Å². The van der Waals surface area contributed by atoms with Crippen LogP contribution < -0.4 is 15.2 Å². The first-order chi connectivity index (χ1) is 9.97. The predicted octanol–water partition coefficient (Wildman–Crippen LogP) is 0.672. The van der Waals surface area contributed by atoms with Crippen LogP contribution in [0.4, 0.5) is 5.69 Å². The van der Waals surface area contributed by atoms with Crippen LogP contribution in [0.2, 0.25) is 0 Å². The van der Waals surface area contributed by atoms with E-state index in [1.165, 1.54) is 19.2 Å². The summed E-state index contributed by atoms with van der Waals surface area (Å²) in [6, 6.07) is 2.73. The maximum atomic E-state index is 11.9. The molecule has 1 atom stereocenters. The molecule has 1 amide bonds. The van der Waals surface area contributed by atoms with Crippen LogP contribution in [-0.4, -0.2) is 42.5 Å². The Morgan fingerprint density at radius 2 is 2.19 bits per heavy atom. The smallest absolute Gasteiger partial charge is 0.277 e. The normalized spacial score (nSPS) is 18.0. The SMILES string of the molecule is COc1cc(CN)c([N+](=O)[O-])cc1OC1CCN(C)C1=O. The summed E-state index contributed by atoms with van der Waals surface area (Å²) in [6.45, 7) is 0.604. The Bertz CT molecular complexity index is 575. The molecule has 1 heterocycles. The molecular weight excluding hydrogens is 278 g/mol. The van der Waals surface area contributed by atoms with Gasteiger partial charge in [0.15, 0.2) is 17.6 Å². The Morgan fingerprint density at radius 1 is 1.48 bits per heavy atom. The number of benzene rings is 1. The summed E-state index contributed by atoms with van der Waals surface area (Å²) in [5.74, 6) is 0.348. The lowest BCUT2D eigenvalue weighted by atomic mass is 10.1. The number of ether oxygens (including phenoxy) is 2. The molecule has 0 saturated carbocycles. The summed E-state index contributed by atoms with van der Waals surface area (Å²) in [5, 5.41) is 11.1. The molecule has 0 aliphatic carbocycles. The summed E-state index contributed by atoms with van der Waals surface area (Å²) >= 11 is 0. The van der Waals surface area contributed by atoms with Crippen molar-refractivity contribution in [3.63, 3.8) is 0 Å². The van der Waals surface area contributed by atoms with Crippen molar-refractivity contribution in [2.45, 2.75) is 19.1 Å². The van der Waals surface area contributed by atoms with Crippen LogP contribution in [0.25, 0.3) is 0 Å². The topological polar surface area (TPSA) is 108 Å². The molecule has 1 aromatic carbocycles. The number of amides is 1. The van der Waals surface area contributed by atoms with Gasteiger partial charge in [0.2, 0.25) is 0 Å². The zero-order chi connectivity index (χ0) is 15.6. The molecule has 2 N–H and O–H groups in total. The number of rotatable bonds is 5. The van der Waals surface area contributed by atoms with Gasteiger partial charge in [0.25, 0.3) is 11.6 Å². The minimum absolute atomic E-state index is 0.0120. The van der Waals surface area contributed by atoms with Crippen molar-refractivity contribution in [2.24, 2.45) is 5.73 Å². The molecule has 1 aromatic rings. The number of carbonyl (C=O) groups is 1. The van der Waals surface area contributed by atoms with Gasteiger partial charge in [-0.25, -0.2) is 0 Å². The molecule has 1 fully saturated rings. The molecule has 0 spiro atoms. The summed E-state index contributed by atoms with van der Waals surface area (Å²) in [5.41, 5.74) is 5.70. The van der Waals surface area contributed by atoms with E-state index in [-0.39, 0.29) is 23.9 Å². The van der Waals surface area contributed by atoms with E-state index in [0.717, 1.165) is 0 Å². The summed E-state index contributed by atoms with van der Waals surface area (Å²) in [4.78, 5) is 23.9. The lowest BCUT2D eigenvalue weighted by Gasteiger charge is -2.16. The zero-order valence-corrected chi connectivity index (χ0v) is 11.9. The molecule has 1 unspecified atom stereocenters. The van der Waals surface area contributed by atoms with E-state index in [0.29, 0.717) is 24.3 Å². The Morgan fingerprint density at radius 3 is 2.67 bits per heavy atom. The average molecular weight is 295 g/mol.